The molecule has 1 amide bonds. The SMILES string of the molecule is Cc1ccc(NC(=O)[C@H](C)Sc2ccc3c(c2)OCCCO3)cc1F. The fraction of sp³-hybridized carbons (Fsp3) is 0.316. The highest BCUT2D eigenvalue weighted by atomic mass is 32.2. The summed E-state index contributed by atoms with van der Waals surface area (Å²) in [5.74, 6) is 0.922. The Kier molecular flexibility index (Phi) is 5.48. The first-order chi connectivity index (χ1) is 12.0. The largest absolute Gasteiger partial charge is 0.490 e. The summed E-state index contributed by atoms with van der Waals surface area (Å²) in [6, 6.07) is 10.3. The molecule has 1 heterocycles. The lowest BCUT2D eigenvalue weighted by atomic mass is 10.2. The second kappa shape index (κ2) is 7.78. The van der Waals surface area contributed by atoms with Gasteiger partial charge in [0.15, 0.2) is 11.5 Å². The zero-order valence-electron chi connectivity index (χ0n) is 14.2. The summed E-state index contributed by atoms with van der Waals surface area (Å²) in [6.45, 7) is 4.76. The fourth-order valence-electron chi connectivity index (χ4n) is 2.39. The fourth-order valence-corrected chi connectivity index (χ4v) is 3.28. The molecule has 132 valence electrons. The molecular formula is C19H20FNO3S. The molecule has 1 atom stereocenters. The van der Waals surface area contributed by atoms with E-state index in [1.165, 1.54) is 17.8 Å². The monoisotopic (exact) mass is 361 g/mol. The Labute approximate surface area is 150 Å². The van der Waals surface area contributed by atoms with Crippen LogP contribution >= 0.6 is 11.8 Å². The van der Waals surface area contributed by atoms with E-state index >= 15 is 0 Å². The summed E-state index contributed by atoms with van der Waals surface area (Å²) >= 11 is 1.42. The molecule has 2 aromatic carbocycles. The molecule has 0 radical (unpaired) electrons. The first kappa shape index (κ1) is 17.6. The number of carbonyl (C=O) groups excluding carboxylic acids is 1. The molecule has 4 nitrogen and oxygen atoms in total. The van der Waals surface area contributed by atoms with Crippen LogP contribution in [0.25, 0.3) is 0 Å². The molecule has 2 aromatic rings. The van der Waals surface area contributed by atoms with E-state index in [0.717, 1.165) is 17.1 Å². The van der Waals surface area contributed by atoms with Crippen LogP contribution in [0.3, 0.4) is 0 Å². The molecule has 0 saturated heterocycles. The zero-order chi connectivity index (χ0) is 17.8. The van der Waals surface area contributed by atoms with Crippen molar-refractivity contribution >= 4 is 23.4 Å². The summed E-state index contributed by atoms with van der Waals surface area (Å²) in [5.41, 5.74) is 1.01. The van der Waals surface area contributed by atoms with Crippen LogP contribution in [0, 0.1) is 12.7 Å². The molecule has 0 aliphatic carbocycles. The van der Waals surface area contributed by atoms with Gasteiger partial charge in [0.1, 0.15) is 5.82 Å². The van der Waals surface area contributed by atoms with Crippen LogP contribution in [0.2, 0.25) is 0 Å². The van der Waals surface area contributed by atoms with Crippen molar-refractivity contribution in [1.29, 1.82) is 0 Å². The third-order valence-corrected chi connectivity index (χ3v) is 4.93. The number of anilines is 1. The van der Waals surface area contributed by atoms with E-state index in [4.69, 9.17) is 9.47 Å². The average molecular weight is 361 g/mol. The first-order valence-electron chi connectivity index (χ1n) is 8.16. The summed E-state index contributed by atoms with van der Waals surface area (Å²) in [4.78, 5) is 13.3. The number of carbonyl (C=O) groups is 1. The molecular weight excluding hydrogens is 341 g/mol. The quantitative estimate of drug-likeness (QED) is 0.819. The molecule has 0 unspecified atom stereocenters. The van der Waals surface area contributed by atoms with Gasteiger partial charge in [0.05, 0.1) is 18.5 Å². The van der Waals surface area contributed by atoms with Crippen molar-refractivity contribution in [2.24, 2.45) is 0 Å². The second-order valence-electron chi connectivity index (χ2n) is 5.87. The predicted octanol–water partition coefficient (Wildman–Crippen LogP) is 4.41. The normalized spacial score (nSPS) is 14.5. The van der Waals surface area contributed by atoms with E-state index in [0.29, 0.717) is 30.2 Å². The lowest BCUT2D eigenvalue weighted by molar-refractivity contribution is -0.115. The van der Waals surface area contributed by atoms with Crippen LogP contribution < -0.4 is 14.8 Å². The highest BCUT2D eigenvalue weighted by molar-refractivity contribution is 8.00. The molecule has 0 aromatic heterocycles. The van der Waals surface area contributed by atoms with Gasteiger partial charge in [-0.05, 0) is 49.7 Å². The number of fused-ring (bicyclic) bond motifs is 1. The third kappa shape index (κ3) is 4.45. The van der Waals surface area contributed by atoms with E-state index in [1.54, 1.807) is 19.1 Å². The molecule has 1 aliphatic rings. The van der Waals surface area contributed by atoms with E-state index in [9.17, 15) is 9.18 Å². The van der Waals surface area contributed by atoms with Gasteiger partial charge in [-0.1, -0.05) is 6.07 Å². The Morgan fingerprint density at radius 2 is 1.92 bits per heavy atom. The predicted molar refractivity (Wildman–Crippen MR) is 97.1 cm³/mol. The number of halogens is 1. The van der Waals surface area contributed by atoms with Crippen LogP contribution in [0.5, 0.6) is 11.5 Å². The smallest absolute Gasteiger partial charge is 0.237 e. The molecule has 1 aliphatic heterocycles. The van der Waals surface area contributed by atoms with Crippen molar-refractivity contribution in [3.63, 3.8) is 0 Å². The Bertz CT molecular complexity index is 781. The van der Waals surface area contributed by atoms with Gasteiger partial charge in [-0.25, -0.2) is 4.39 Å². The number of hydrogen-bond donors (Lipinski definition) is 1. The molecule has 0 spiro atoms. The van der Waals surface area contributed by atoms with Crippen LogP contribution in [-0.2, 0) is 4.79 Å². The number of amides is 1. The topological polar surface area (TPSA) is 47.6 Å². The molecule has 0 saturated carbocycles. The molecule has 25 heavy (non-hydrogen) atoms. The minimum absolute atomic E-state index is 0.180. The number of thioether (sulfide) groups is 1. The Morgan fingerprint density at radius 1 is 1.16 bits per heavy atom. The lowest BCUT2D eigenvalue weighted by Gasteiger charge is -2.14. The Balaban J connectivity index is 1.65. The number of aryl methyl sites for hydroxylation is 1. The third-order valence-electron chi connectivity index (χ3n) is 3.84. The van der Waals surface area contributed by atoms with Gasteiger partial charge in [-0.2, -0.15) is 0 Å². The van der Waals surface area contributed by atoms with Crippen molar-refractivity contribution in [2.45, 2.75) is 30.4 Å². The number of ether oxygens (including phenoxy) is 2. The minimum atomic E-state index is -0.339. The van der Waals surface area contributed by atoms with Gasteiger partial charge >= 0.3 is 0 Å². The average Bonchev–Trinajstić information content (AvgIpc) is 2.83. The zero-order valence-corrected chi connectivity index (χ0v) is 15.0. The van der Waals surface area contributed by atoms with Gasteiger partial charge in [0.25, 0.3) is 0 Å². The number of rotatable bonds is 4. The maximum Gasteiger partial charge on any atom is 0.237 e. The van der Waals surface area contributed by atoms with Crippen molar-refractivity contribution in [1.82, 2.24) is 0 Å². The van der Waals surface area contributed by atoms with Crippen LogP contribution in [-0.4, -0.2) is 24.4 Å². The highest BCUT2D eigenvalue weighted by Crippen LogP contribution is 2.35. The maximum atomic E-state index is 13.6. The summed E-state index contributed by atoms with van der Waals surface area (Å²) < 4.78 is 24.9. The van der Waals surface area contributed by atoms with Gasteiger partial charge in [-0.3, -0.25) is 4.79 Å². The van der Waals surface area contributed by atoms with Gasteiger partial charge in [0.2, 0.25) is 5.91 Å². The summed E-state index contributed by atoms with van der Waals surface area (Å²) in [7, 11) is 0. The van der Waals surface area contributed by atoms with Gasteiger partial charge < -0.3 is 14.8 Å². The second-order valence-corrected chi connectivity index (χ2v) is 7.29. The summed E-state index contributed by atoms with van der Waals surface area (Å²) in [5, 5.41) is 2.41. The number of hydrogen-bond acceptors (Lipinski definition) is 4. The van der Waals surface area contributed by atoms with E-state index in [-0.39, 0.29) is 17.0 Å². The summed E-state index contributed by atoms with van der Waals surface area (Å²) in [6.07, 6.45) is 0.850. The van der Waals surface area contributed by atoms with Crippen molar-refractivity contribution in [2.75, 3.05) is 18.5 Å². The van der Waals surface area contributed by atoms with Gasteiger partial charge in [0, 0.05) is 17.0 Å². The molecule has 1 N–H and O–H groups in total. The van der Waals surface area contributed by atoms with E-state index in [1.807, 2.05) is 25.1 Å². The van der Waals surface area contributed by atoms with Crippen LogP contribution in [0.4, 0.5) is 10.1 Å². The van der Waals surface area contributed by atoms with Gasteiger partial charge in [-0.15, -0.1) is 11.8 Å². The Hall–Kier alpha value is -2.21. The van der Waals surface area contributed by atoms with Crippen molar-refractivity contribution in [3.05, 3.63) is 47.8 Å². The maximum absolute atomic E-state index is 13.6. The van der Waals surface area contributed by atoms with Crippen LogP contribution in [0.1, 0.15) is 18.9 Å². The molecule has 0 bridgehead atoms. The number of nitrogens with one attached hydrogen (secondary N) is 1. The molecule has 3 rings (SSSR count). The van der Waals surface area contributed by atoms with Crippen LogP contribution in [0.15, 0.2) is 41.3 Å². The van der Waals surface area contributed by atoms with Crippen molar-refractivity contribution < 1.29 is 18.7 Å². The van der Waals surface area contributed by atoms with Crippen molar-refractivity contribution in [3.8, 4) is 11.5 Å². The highest BCUT2D eigenvalue weighted by Gasteiger charge is 2.17. The standard InChI is InChI=1S/C19H20FNO3S/c1-12-4-5-14(10-16(12)20)21-19(22)13(2)25-15-6-7-17-18(11-15)24-9-3-8-23-17/h4-7,10-11,13H,3,8-9H2,1-2H3,(H,21,22)/t13-/m0/s1. The molecule has 0 fully saturated rings. The number of benzene rings is 2. The molecule has 6 heteroatoms. The van der Waals surface area contributed by atoms with E-state index in [2.05, 4.69) is 5.32 Å². The van der Waals surface area contributed by atoms with E-state index < -0.39 is 0 Å². The minimum Gasteiger partial charge on any atom is -0.490 e. The Morgan fingerprint density at radius 3 is 2.68 bits per heavy atom. The first-order valence-corrected chi connectivity index (χ1v) is 9.04. The lowest BCUT2D eigenvalue weighted by Crippen LogP contribution is -2.22.